The van der Waals surface area contributed by atoms with Crippen molar-refractivity contribution in [1.82, 2.24) is 4.31 Å². The molecule has 0 aromatic heterocycles. The Morgan fingerprint density at radius 1 is 1.17 bits per heavy atom. The van der Waals surface area contributed by atoms with E-state index < -0.39 is 10.0 Å². The molecule has 0 aliphatic carbocycles. The number of hydrogen-bond donors (Lipinski definition) is 1. The summed E-state index contributed by atoms with van der Waals surface area (Å²) in [6.07, 6.45) is 4.63. The molecule has 4 nitrogen and oxygen atoms in total. The number of benzene rings is 1. The normalized spacial score (nSPS) is 17.0. The Bertz CT molecular complexity index is 591. The van der Waals surface area contributed by atoms with Gasteiger partial charge in [-0.25, -0.2) is 8.42 Å². The zero-order valence-electron chi connectivity index (χ0n) is 10.7. The Morgan fingerprint density at radius 2 is 1.83 bits per heavy atom. The Kier molecular flexibility index (Phi) is 3.45. The Hall–Kier alpha value is -1.33. The molecular formula is C13H18N2O2S. The van der Waals surface area contributed by atoms with Gasteiger partial charge in [0.25, 0.3) is 0 Å². The van der Waals surface area contributed by atoms with E-state index in [-0.39, 0.29) is 4.90 Å². The monoisotopic (exact) mass is 266 g/mol. The van der Waals surface area contributed by atoms with Gasteiger partial charge in [-0.05, 0) is 31.4 Å². The van der Waals surface area contributed by atoms with Crippen molar-refractivity contribution in [2.24, 2.45) is 0 Å². The highest BCUT2D eigenvalue weighted by molar-refractivity contribution is 7.89. The predicted molar refractivity (Wildman–Crippen MR) is 72.8 cm³/mol. The van der Waals surface area contributed by atoms with Crippen molar-refractivity contribution < 1.29 is 8.42 Å². The molecule has 0 amide bonds. The maximum Gasteiger partial charge on any atom is 0.245 e. The third-order valence-corrected chi connectivity index (χ3v) is 5.30. The van der Waals surface area contributed by atoms with Crippen LogP contribution in [-0.4, -0.2) is 25.8 Å². The summed E-state index contributed by atoms with van der Waals surface area (Å²) in [4.78, 5) is 0.262. The summed E-state index contributed by atoms with van der Waals surface area (Å²) in [6.45, 7) is 4.55. The number of sulfonamides is 1. The molecule has 0 radical (unpaired) electrons. The lowest BCUT2D eigenvalue weighted by Gasteiger charge is -2.24. The van der Waals surface area contributed by atoms with Crippen LogP contribution in [-0.2, 0) is 10.0 Å². The smallest absolute Gasteiger partial charge is 0.245 e. The van der Waals surface area contributed by atoms with E-state index in [0.29, 0.717) is 24.3 Å². The topological polar surface area (TPSA) is 63.4 Å². The molecule has 1 aliphatic heterocycles. The van der Waals surface area contributed by atoms with Crippen molar-refractivity contribution >= 4 is 15.7 Å². The lowest BCUT2D eigenvalue weighted by molar-refractivity contribution is 0.437. The molecule has 1 aromatic rings. The average Bonchev–Trinajstić information content (AvgIpc) is 2.35. The summed E-state index contributed by atoms with van der Waals surface area (Å²) >= 11 is 0. The van der Waals surface area contributed by atoms with Crippen molar-refractivity contribution in [3.05, 3.63) is 35.4 Å². The fourth-order valence-corrected chi connectivity index (χ4v) is 3.92. The van der Waals surface area contributed by atoms with Crippen LogP contribution in [0, 0.1) is 13.8 Å². The van der Waals surface area contributed by atoms with Crippen molar-refractivity contribution in [2.75, 3.05) is 18.8 Å². The van der Waals surface area contributed by atoms with E-state index >= 15 is 0 Å². The number of nitrogen functional groups attached to an aromatic ring is 1. The third-order valence-electron chi connectivity index (χ3n) is 3.23. The lowest BCUT2D eigenvalue weighted by Crippen LogP contribution is -2.34. The molecule has 0 spiro atoms. The SMILES string of the molecule is Cc1ccc(C)c(S(=O)(=O)N2CC=CCC2)c1N. The van der Waals surface area contributed by atoms with E-state index in [9.17, 15) is 8.42 Å². The fraction of sp³-hybridized carbons (Fsp3) is 0.385. The van der Waals surface area contributed by atoms with E-state index in [1.807, 2.05) is 25.1 Å². The average molecular weight is 266 g/mol. The molecule has 1 heterocycles. The second-order valence-electron chi connectivity index (χ2n) is 4.57. The summed E-state index contributed by atoms with van der Waals surface area (Å²) in [5.74, 6) is 0. The summed E-state index contributed by atoms with van der Waals surface area (Å²) in [7, 11) is -3.49. The molecule has 2 rings (SSSR count). The highest BCUT2D eigenvalue weighted by Crippen LogP contribution is 2.29. The molecule has 0 saturated heterocycles. The lowest BCUT2D eigenvalue weighted by atomic mass is 10.1. The van der Waals surface area contributed by atoms with E-state index in [1.165, 1.54) is 4.31 Å². The van der Waals surface area contributed by atoms with Crippen molar-refractivity contribution in [3.8, 4) is 0 Å². The van der Waals surface area contributed by atoms with Gasteiger partial charge in [-0.2, -0.15) is 4.31 Å². The van der Waals surface area contributed by atoms with Crippen molar-refractivity contribution in [3.63, 3.8) is 0 Å². The van der Waals surface area contributed by atoms with Gasteiger partial charge in [-0.15, -0.1) is 0 Å². The van der Waals surface area contributed by atoms with Gasteiger partial charge in [0.05, 0.1) is 5.69 Å². The first-order valence-corrected chi connectivity index (χ1v) is 7.39. The zero-order valence-corrected chi connectivity index (χ0v) is 11.5. The molecule has 2 N–H and O–H groups in total. The summed E-state index contributed by atoms with van der Waals surface area (Å²) in [5, 5.41) is 0. The van der Waals surface area contributed by atoms with Gasteiger partial charge < -0.3 is 5.73 Å². The molecular weight excluding hydrogens is 248 g/mol. The number of nitrogens with two attached hydrogens (primary N) is 1. The molecule has 98 valence electrons. The quantitative estimate of drug-likeness (QED) is 0.656. The van der Waals surface area contributed by atoms with Crippen LogP contribution in [0.1, 0.15) is 17.5 Å². The van der Waals surface area contributed by atoms with Crippen LogP contribution in [0.25, 0.3) is 0 Å². The van der Waals surface area contributed by atoms with Crippen LogP contribution < -0.4 is 5.73 Å². The summed E-state index contributed by atoms with van der Waals surface area (Å²) in [5.41, 5.74) is 7.82. The first-order valence-electron chi connectivity index (χ1n) is 5.95. The van der Waals surface area contributed by atoms with Crippen molar-refractivity contribution in [1.29, 1.82) is 0 Å². The molecule has 0 bridgehead atoms. The van der Waals surface area contributed by atoms with Gasteiger partial charge in [0.2, 0.25) is 10.0 Å². The molecule has 1 aromatic carbocycles. The summed E-state index contributed by atoms with van der Waals surface area (Å²) < 4.78 is 26.7. The largest absolute Gasteiger partial charge is 0.397 e. The number of rotatable bonds is 2. The Balaban J connectivity index is 2.54. The molecule has 0 unspecified atom stereocenters. The minimum Gasteiger partial charge on any atom is -0.397 e. The highest BCUT2D eigenvalue weighted by atomic mass is 32.2. The van der Waals surface area contributed by atoms with E-state index in [0.717, 1.165) is 12.0 Å². The number of nitrogens with zero attached hydrogens (tertiary/aromatic N) is 1. The Morgan fingerprint density at radius 3 is 2.44 bits per heavy atom. The second kappa shape index (κ2) is 4.74. The predicted octanol–water partition coefficient (Wildman–Crippen LogP) is 1.84. The maximum absolute atomic E-state index is 12.6. The standard InChI is InChI=1S/C13H18N2O2S/c1-10-6-7-11(2)13(12(10)14)18(16,17)15-8-4-3-5-9-15/h3-4,6-7H,5,8-9,14H2,1-2H3. The first-order chi connectivity index (χ1) is 8.44. The molecule has 18 heavy (non-hydrogen) atoms. The number of hydrogen-bond acceptors (Lipinski definition) is 3. The van der Waals surface area contributed by atoms with Crippen LogP contribution in [0.4, 0.5) is 5.69 Å². The van der Waals surface area contributed by atoms with Gasteiger partial charge in [-0.1, -0.05) is 24.3 Å². The zero-order chi connectivity index (χ0) is 13.3. The fourth-order valence-electron chi connectivity index (χ4n) is 2.12. The summed E-state index contributed by atoms with van der Waals surface area (Å²) in [6, 6.07) is 3.65. The van der Waals surface area contributed by atoms with Gasteiger partial charge in [0.1, 0.15) is 4.90 Å². The molecule has 0 fully saturated rings. The van der Waals surface area contributed by atoms with Gasteiger partial charge >= 0.3 is 0 Å². The molecule has 1 aliphatic rings. The van der Waals surface area contributed by atoms with E-state index in [4.69, 9.17) is 5.73 Å². The first kappa shape index (κ1) is 13.1. The van der Waals surface area contributed by atoms with Gasteiger partial charge in [-0.3, -0.25) is 0 Å². The minimum absolute atomic E-state index is 0.262. The maximum atomic E-state index is 12.6. The number of aryl methyl sites for hydroxylation is 2. The van der Waals surface area contributed by atoms with Crippen LogP contribution in [0.2, 0.25) is 0 Å². The molecule has 0 atom stereocenters. The van der Waals surface area contributed by atoms with Gasteiger partial charge in [0, 0.05) is 13.1 Å². The minimum atomic E-state index is -3.49. The highest BCUT2D eigenvalue weighted by Gasteiger charge is 2.28. The van der Waals surface area contributed by atoms with Crippen LogP contribution in [0.15, 0.2) is 29.2 Å². The number of anilines is 1. The molecule has 0 saturated carbocycles. The van der Waals surface area contributed by atoms with Crippen LogP contribution >= 0.6 is 0 Å². The molecule has 5 heteroatoms. The second-order valence-corrected chi connectivity index (χ2v) is 6.44. The van der Waals surface area contributed by atoms with Gasteiger partial charge in [0.15, 0.2) is 0 Å². The van der Waals surface area contributed by atoms with Crippen molar-refractivity contribution in [2.45, 2.75) is 25.2 Å². The third kappa shape index (κ3) is 2.15. The Labute approximate surface area is 108 Å². The van der Waals surface area contributed by atoms with E-state index in [2.05, 4.69) is 0 Å². The van der Waals surface area contributed by atoms with Crippen LogP contribution in [0.5, 0.6) is 0 Å². The van der Waals surface area contributed by atoms with E-state index in [1.54, 1.807) is 13.0 Å². The van der Waals surface area contributed by atoms with Crippen LogP contribution in [0.3, 0.4) is 0 Å².